The summed E-state index contributed by atoms with van der Waals surface area (Å²) in [5.41, 5.74) is 9.33. The molecule has 0 aliphatic carbocycles. The molecule has 11 rings (SSSR count). The minimum absolute atomic E-state index is 0.569. The van der Waals surface area contributed by atoms with Gasteiger partial charge in [-0.25, -0.2) is 9.97 Å². The van der Waals surface area contributed by atoms with Gasteiger partial charge >= 0.3 is 0 Å². The van der Waals surface area contributed by atoms with Gasteiger partial charge in [0.2, 0.25) is 5.95 Å². The fraction of sp³-hybridized carbons (Fsp3) is 0. The van der Waals surface area contributed by atoms with Crippen LogP contribution in [-0.4, -0.2) is 29.1 Å². The molecular formula is C46H28N6S. The van der Waals surface area contributed by atoms with Crippen molar-refractivity contribution in [2.24, 2.45) is 0 Å². The number of fused-ring (bicyclic) bond motifs is 7. The van der Waals surface area contributed by atoms with Gasteiger partial charge in [0.15, 0.2) is 11.6 Å². The maximum Gasteiger partial charge on any atom is 0.238 e. The first-order chi connectivity index (χ1) is 26.3. The molecule has 7 aromatic carbocycles. The first-order valence-electron chi connectivity index (χ1n) is 17.6. The second-order valence-electron chi connectivity index (χ2n) is 13.1. The van der Waals surface area contributed by atoms with Crippen molar-refractivity contribution in [1.82, 2.24) is 29.1 Å². The number of para-hydroxylation sites is 4. The Labute approximate surface area is 307 Å². The van der Waals surface area contributed by atoms with E-state index in [-0.39, 0.29) is 0 Å². The van der Waals surface area contributed by atoms with Crippen LogP contribution in [0.5, 0.6) is 0 Å². The summed E-state index contributed by atoms with van der Waals surface area (Å²) < 4.78 is 5.53. The molecule has 0 spiro atoms. The smallest absolute Gasteiger partial charge is 0.238 e. The first-order valence-corrected chi connectivity index (χ1v) is 18.4. The van der Waals surface area contributed by atoms with Gasteiger partial charge in [0.1, 0.15) is 5.01 Å². The summed E-state index contributed by atoms with van der Waals surface area (Å²) >= 11 is 1.66. The number of hydrogen-bond acceptors (Lipinski definition) is 5. The molecular weight excluding hydrogens is 669 g/mol. The highest BCUT2D eigenvalue weighted by Gasteiger charge is 2.21. The second-order valence-corrected chi connectivity index (χ2v) is 14.1. The molecule has 7 heteroatoms. The van der Waals surface area contributed by atoms with Crippen molar-refractivity contribution < 1.29 is 0 Å². The predicted molar refractivity (Wildman–Crippen MR) is 218 cm³/mol. The molecule has 11 aromatic rings. The lowest BCUT2D eigenvalue weighted by Crippen LogP contribution is -2.06. The average molecular weight is 697 g/mol. The normalized spacial score (nSPS) is 11.8. The molecule has 248 valence electrons. The maximum absolute atomic E-state index is 5.28. The summed E-state index contributed by atoms with van der Waals surface area (Å²) in [5.74, 6) is 1.78. The van der Waals surface area contributed by atoms with Gasteiger partial charge in [0.25, 0.3) is 0 Å². The lowest BCUT2D eigenvalue weighted by atomic mass is 10.1. The van der Waals surface area contributed by atoms with Gasteiger partial charge in [-0.3, -0.25) is 4.57 Å². The predicted octanol–water partition coefficient (Wildman–Crippen LogP) is 11.7. The number of nitrogens with zero attached hydrogens (tertiary/aromatic N) is 6. The van der Waals surface area contributed by atoms with Gasteiger partial charge in [-0.15, -0.1) is 11.3 Å². The molecule has 4 aromatic heterocycles. The third kappa shape index (κ3) is 4.71. The minimum Gasteiger partial charge on any atom is -0.309 e. The largest absolute Gasteiger partial charge is 0.309 e. The van der Waals surface area contributed by atoms with Crippen LogP contribution in [-0.2, 0) is 0 Å². The molecule has 4 heterocycles. The van der Waals surface area contributed by atoms with E-state index in [1.165, 1.54) is 5.39 Å². The quantitative estimate of drug-likeness (QED) is 0.180. The molecule has 6 nitrogen and oxygen atoms in total. The van der Waals surface area contributed by atoms with E-state index in [2.05, 4.69) is 155 Å². The molecule has 0 unspecified atom stereocenters. The highest BCUT2D eigenvalue weighted by atomic mass is 32.1. The van der Waals surface area contributed by atoms with Crippen molar-refractivity contribution in [1.29, 1.82) is 0 Å². The fourth-order valence-electron chi connectivity index (χ4n) is 7.65. The summed E-state index contributed by atoms with van der Waals surface area (Å²) in [7, 11) is 0. The molecule has 53 heavy (non-hydrogen) atoms. The Kier molecular flexibility index (Phi) is 6.62. The summed E-state index contributed by atoms with van der Waals surface area (Å²) in [6, 6.07) is 59.1. The summed E-state index contributed by atoms with van der Waals surface area (Å²) in [4.78, 5) is 20.9. The molecule has 0 fully saturated rings. The molecule has 0 saturated heterocycles. The van der Waals surface area contributed by atoms with Gasteiger partial charge in [0.05, 0.1) is 32.3 Å². The van der Waals surface area contributed by atoms with Crippen LogP contribution < -0.4 is 0 Å². The molecule has 0 saturated carbocycles. The zero-order valence-electron chi connectivity index (χ0n) is 28.3. The van der Waals surface area contributed by atoms with Crippen molar-refractivity contribution in [3.05, 3.63) is 170 Å². The van der Waals surface area contributed by atoms with Crippen LogP contribution in [0.2, 0.25) is 0 Å². The van der Waals surface area contributed by atoms with Crippen molar-refractivity contribution in [2.75, 3.05) is 0 Å². The van der Waals surface area contributed by atoms with Crippen LogP contribution >= 0.6 is 11.3 Å². The van der Waals surface area contributed by atoms with Gasteiger partial charge in [-0.05, 0) is 60.7 Å². The Morgan fingerprint density at radius 2 is 0.981 bits per heavy atom. The SMILES string of the molecule is c1ccc(-c2nc3cccc(-c4nc(-c5ccc6c(c5)c5ccccc5n6-c5ccccc5)nc(-n5c6ccccc6c6ccccc65)n4)c3s2)cc1. The van der Waals surface area contributed by atoms with Crippen LogP contribution in [0.1, 0.15) is 0 Å². The highest BCUT2D eigenvalue weighted by Crippen LogP contribution is 2.39. The van der Waals surface area contributed by atoms with E-state index in [0.717, 1.165) is 75.8 Å². The molecule has 0 atom stereocenters. The first kappa shape index (κ1) is 29.7. The second kappa shape index (κ2) is 11.8. The van der Waals surface area contributed by atoms with Crippen LogP contribution in [0.25, 0.3) is 98.8 Å². The maximum atomic E-state index is 5.28. The molecule has 0 aliphatic rings. The van der Waals surface area contributed by atoms with Gasteiger partial charge in [-0.2, -0.15) is 9.97 Å². The molecule has 0 bridgehead atoms. The van der Waals surface area contributed by atoms with Crippen molar-refractivity contribution >= 4 is 65.2 Å². The fourth-order valence-corrected chi connectivity index (χ4v) is 8.73. The van der Waals surface area contributed by atoms with E-state index < -0.39 is 0 Å². The van der Waals surface area contributed by atoms with Crippen LogP contribution in [0.4, 0.5) is 0 Å². The number of rotatable bonds is 5. The van der Waals surface area contributed by atoms with Gasteiger partial charge < -0.3 is 4.57 Å². The van der Waals surface area contributed by atoms with Crippen molar-refractivity contribution in [3.63, 3.8) is 0 Å². The Morgan fingerprint density at radius 3 is 1.70 bits per heavy atom. The Balaban J connectivity index is 1.18. The zero-order valence-corrected chi connectivity index (χ0v) is 29.1. The summed E-state index contributed by atoms with van der Waals surface area (Å²) in [6.45, 7) is 0. The standard InChI is InChI=1S/C46H28N6S/c1-3-14-29(15-4-1)45-47-37-22-13-21-35(42(37)53-45)44-48-43(49-46(50-44)52-39-24-11-7-18-32(39)33-19-8-12-25-40(33)52)30-26-27-41-36(28-30)34-20-9-10-23-38(34)51(41)31-16-5-2-6-17-31/h1-28H. The number of thiazole rings is 1. The third-order valence-corrected chi connectivity index (χ3v) is 11.2. The highest BCUT2D eigenvalue weighted by molar-refractivity contribution is 7.22. The average Bonchev–Trinajstić information content (AvgIpc) is 3.92. The Morgan fingerprint density at radius 1 is 0.396 bits per heavy atom. The van der Waals surface area contributed by atoms with E-state index in [4.69, 9.17) is 19.9 Å². The minimum atomic E-state index is 0.569. The van der Waals surface area contributed by atoms with Gasteiger partial charge in [-0.1, -0.05) is 109 Å². The monoisotopic (exact) mass is 696 g/mol. The third-order valence-electron chi connectivity index (χ3n) is 10.0. The Bertz CT molecular complexity index is 3120. The number of benzene rings is 7. The van der Waals surface area contributed by atoms with Crippen molar-refractivity contribution in [3.8, 4) is 45.0 Å². The van der Waals surface area contributed by atoms with E-state index >= 15 is 0 Å². The zero-order chi connectivity index (χ0) is 34.9. The van der Waals surface area contributed by atoms with E-state index in [1.807, 2.05) is 24.3 Å². The number of hydrogen-bond donors (Lipinski definition) is 0. The molecule has 0 N–H and O–H groups in total. The van der Waals surface area contributed by atoms with Gasteiger partial charge in [0, 0.05) is 43.9 Å². The number of aromatic nitrogens is 6. The topological polar surface area (TPSA) is 61.4 Å². The molecule has 0 amide bonds. The van der Waals surface area contributed by atoms with E-state index in [0.29, 0.717) is 17.6 Å². The lowest BCUT2D eigenvalue weighted by Gasteiger charge is -2.11. The molecule has 0 aliphatic heterocycles. The lowest BCUT2D eigenvalue weighted by molar-refractivity contribution is 0.954. The molecule has 0 radical (unpaired) electrons. The van der Waals surface area contributed by atoms with Crippen LogP contribution in [0, 0.1) is 0 Å². The van der Waals surface area contributed by atoms with E-state index in [1.54, 1.807) is 11.3 Å². The summed E-state index contributed by atoms with van der Waals surface area (Å²) in [6.07, 6.45) is 0. The Hall–Kier alpha value is -6.96. The van der Waals surface area contributed by atoms with E-state index in [9.17, 15) is 0 Å². The summed E-state index contributed by atoms with van der Waals surface area (Å²) in [5, 5.41) is 5.58. The van der Waals surface area contributed by atoms with Crippen molar-refractivity contribution in [2.45, 2.75) is 0 Å². The van der Waals surface area contributed by atoms with Crippen LogP contribution in [0.3, 0.4) is 0 Å². The van der Waals surface area contributed by atoms with Crippen LogP contribution in [0.15, 0.2) is 170 Å².